The molecule has 1 rings (SSSR count). The van der Waals surface area contributed by atoms with E-state index in [4.69, 9.17) is 4.74 Å². The van der Waals surface area contributed by atoms with Crippen molar-refractivity contribution in [1.29, 1.82) is 0 Å². The molecule has 1 N–H and O–H groups in total. The number of amides is 1. The normalized spacial score (nSPS) is 21.9. The zero-order chi connectivity index (χ0) is 13.8. The fourth-order valence-corrected chi connectivity index (χ4v) is 2.36. The molecular weight excluding hydrogens is 232 g/mol. The van der Waals surface area contributed by atoms with Crippen LogP contribution in [-0.4, -0.2) is 71.8 Å². The van der Waals surface area contributed by atoms with Crippen LogP contribution in [0, 0.1) is 0 Å². The van der Waals surface area contributed by atoms with Crippen molar-refractivity contribution in [3.05, 3.63) is 0 Å². The molecule has 18 heavy (non-hydrogen) atoms. The number of aliphatic hydroxyl groups is 1. The van der Waals surface area contributed by atoms with E-state index < -0.39 is 6.10 Å². The van der Waals surface area contributed by atoms with Crippen molar-refractivity contribution in [2.24, 2.45) is 0 Å². The molecular formula is C13H26N2O3. The maximum atomic E-state index is 11.4. The first-order valence-electron chi connectivity index (χ1n) is 6.63. The average molecular weight is 258 g/mol. The van der Waals surface area contributed by atoms with E-state index in [0.717, 1.165) is 13.1 Å². The number of ether oxygens (including phenoxy) is 1. The summed E-state index contributed by atoms with van der Waals surface area (Å²) in [5, 5.41) is 9.89. The fraction of sp³-hybridized carbons (Fsp3) is 0.923. The Balaban J connectivity index is 2.50. The Kier molecular flexibility index (Phi) is 5.56. The van der Waals surface area contributed by atoms with Crippen LogP contribution in [0.5, 0.6) is 0 Å². The Morgan fingerprint density at radius 3 is 2.61 bits per heavy atom. The molecule has 5 heteroatoms. The monoisotopic (exact) mass is 258 g/mol. The molecule has 1 unspecified atom stereocenters. The fourth-order valence-electron chi connectivity index (χ4n) is 2.36. The first-order chi connectivity index (χ1) is 8.36. The van der Waals surface area contributed by atoms with Crippen molar-refractivity contribution in [1.82, 2.24) is 9.80 Å². The average Bonchev–Trinajstić information content (AvgIpc) is 2.28. The topological polar surface area (TPSA) is 53.0 Å². The third-order valence-electron chi connectivity index (χ3n) is 3.46. The molecule has 1 fully saturated rings. The quantitative estimate of drug-likeness (QED) is 0.772. The second kappa shape index (κ2) is 6.50. The molecule has 0 aromatic rings. The molecule has 1 aliphatic rings. The number of β-amino-alcohol motifs (C(OH)–C–C–N with tert-alkyl or cyclic N) is 1. The van der Waals surface area contributed by atoms with Gasteiger partial charge in [0.2, 0.25) is 5.91 Å². The molecule has 5 nitrogen and oxygen atoms in total. The molecule has 1 heterocycles. The van der Waals surface area contributed by atoms with Gasteiger partial charge in [0, 0.05) is 45.2 Å². The maximum Gasteiger partial charge on any atom is 0.219 e. The summed E-state index contributed by atoms with van der Waals surface area (Å²) in [5.74, 6) is 0.123. The lowest BCUT2D eigenvalue weighted by Gasteiger charge is -2.47. The zero-order valence-electron chi connectivity index (χ0n) is 12.0. The SMILES string of the molecule is CCOCC(O)CN1CCN(C(C)=O)CC1(C)C. The number of carbonyl (C=O) groups is 1. The van der Waals surface area contributed by atoms with E-state index >= 15 is 0 Å². The van der Waals surface area contributed by atoms with Gasteiger partial charge in [-0.05, 0) is 20.8 Å². The van der Waals surface area contributed by atoms with Gasteiger partial charge in [-0.2, -0.15) is 0 Å². The van der Waals surface area contributed by atoms with Gasteiger partial charge in [-0.25, -0.2) is 0 Å². The van der Waals surface area contributed by atoms with E-state index in [1.54, 1.807) is 6.92 Å². The van der Waals surface area contributed by atoms with E-state index in [1.165, 1.54) is 0 Å². The molecule has 0 aliphatic carbocycles. The zero-order valence-corrected chi connectivity index (χ0v) is 12.0. The van der Waals surface area contributed by atoms with Crippen LogP contribution >= 0.6 is 0 Å². The minimum atomic E-state index is -0.465. The van der Waals surface area contributed by atoms with Gasteiger partial charge in [-0.1, -0.05) is 0 Å². The minimum absolute atomic E-state index is 0.100. The van der Waals surface area contributed by atoms with Gasteiger partial charge in [-0.3, -0.25) is 9.69 Å². The van der Waals surface area contributed by atoms with Crippen LogP contribution in [0.4, 0.5) is 0 Å². The highest BCUT2D eigenvalue weighted by Crippen LogP contribution is 2.21. The Hall–Kier alpha value is -0.650. The van der Waals surface area contributed by atoms with Gasteiger partial charge in [0.05, 0.1) is 12.7 Å². The van der Waals surface area contributed by atoms with Gasteiger partial charge in [0.25, 0.3) is 0 Å². The Morgan fingerprint density at radius 2 is 2.11 bits per heavy atom. The molecule has 0 bridgehead atoms. The molecule has 0 saturated carbocycles. The lowest BCUT2D eigenvalue weighted by atomic mass is 9.98. The lowest BCUT2D eigenvalue weighted by Crippen LogP contribution is -2.61. The minimum Gasteiger partial charge on any atom is -0.389 e. The highest BCUT2D eigenvalue weighted by molar-refractivity contribution is 5.73. The number of hydrogen-bond acceptors (Lipinski definition) is 4. The van der Waals surface area contributed by atoms with E-state index in [2.05, 4.69) is 18.7 Å². The Labute approximate surface area is 110 Å². The van der Waals surface area contributed by atoms with Crippen LogP contribution in [-0.2, 0) is 9.53 Å². The summed E-state index contributed by atoms with van der Waals surface area (Å²) in [6, 6.07) is 0. The van der Waals surface area contributed by atoms with Gasteiger partial charge in [-0.15, -0.1) is 0 Å². The van der Waals surface area contributed by atoms with Crippen molar-refractivity contribution in [3.8, 4) is 0 Å². The number of rotatable bonds is 5. The second-order valence-electron chi connectivity index (χ2n) is 5.51. The van der Waals surface area contributed by atoms with Crippen LogP contribution in [0.1, 0.15) is 27.7 Å². The van der Waals surface area contributed by atoms with Gasteiger partial charge < -0.3 is 14.7 Å². The van der Waals surface area contributed by atoms with Crippen molar-refractivity contribution in [3.63, 3.8) is 0 Å². The van der Waals surface area contributed by atoms with Crippen molar-refractivity contribution in [2.45, 2.75) is 39.3 Å². The largest absolute Gasteiger partial charge is 0.389 e. The Bertz CT molecular complexity index is 281. The second-order valence-corrected chi connectivity index (χ2v) is 5.51. The van der Waals surface area contributed by atoms with Crippen LogP contribution in [0.25, 0.3) is 0 Å². The van der Waals surface area contributed by atoms with Crippen molar-refractivity contribution < 1.29 is 14.6 Å². The number of piperazine rings is 1. The van der Waals surface area contributed by atoms with Gasteiger partial charge in [0.15, 0.2) is 0 Å². The third-order valence-corrected chi connectivity index (χ3v) is 3.46. The molecule has 0 aromatic carbocycles. The Morgan fingerprint density at radius 1 is 1.44 bits per heavy atom. The first kappa shape index (κ1) is 15.4. The standard InChI is InChI=1S/C13H26N2O3/c1-5-18-9-12(17)8-15-7-6-14(11(2)16)10-13(15,3)4/h12,17H,5-10H2,1-4H3. The van der Waals surface area contributed by atoms with Crippen LogP contribution in [0.3, 0.4) is 0 Å². The number of nitrogens with zero attached hydrogens (tertiary/aromatic N) is 2. The molecule has 0 radical (unpaired) electrons. The summed E-state index contributed by atoms with van der Waals surface area (Å²) < 4.78 is 5.22. The van der Waals surface area contributed by atoms with Crippen LogP contribution in [0.2, 0.25) is 0 Å². The predicted octanol–water partition coefficient (Wildman–Crippen LogP) is 0.327. The lowest BCUT2D eigenvalue weighted by molar-refractivity contribution is -0.134. The van der Waals surface area contributed by atoms with E-state index in [9.17, 15) is 9.90 Å². The number of hydrogen-bond donors (Lipinski definition) is 1. The van der Waals surface area contributed by atoms with Gasteiger partial charge >= 0.3 is 0 Å². The smallest absolute Gasteiger partial charge is 0.219 e. The summed E-state index contributed by atoms with van der Waals surface area (Å²) in [5.41, 5.74) is -0.100. The van der Waals surface area contributed by atoms with Crippen molar-refractivity contribution in [2.75, 3.05) is 39.4 Å². The summed E-state index contributed by atoms with van der Waals surface area (Å²) in [4.78, 5) is 15.5. The predicted molar refractivity (Wildman–Crippen MR) is 70.4 cm³/mol. The molecule has 106 valence electrons. The molecule has 1 amide bonds. The summed E-state index contributed by atoms with van der Waals surface area (Å²) in [7, 11) is 0. The highest BCUT2D eigenvalue weighted by Gasteiger charge is 2.35. The molecule has 1 saturated heterocycles. The molecule has 1 aliphatic heterocycles. The molecule has 1 atom stereocenters. The van der Waals surface area contributed by atoms with E-state index in [0.29, 0.717) is 26.3 Å². The molecule has 0 spiro atoms. The maximum absolute atomic E-state index is 11.4. The molecule has 0 aromatic heterocycles. The van der Waals surface area contributed by atoms with Crippen molar-refractivity contribution >= 4 is 5.91 Å². The van der Waals surface area contributed by atoms with Gasteiger partial charge in [0.1, 0.15) is 0 Å². The summed E-state index contributed by atoms with van der Waals surface area (Å²) in [6.07, 6.45) is -0.465. The summed E-state index contributed by atoms with van der Waals surface area (Å²) >= 11 is 0. The number of aliphatic hydroxyl groups excluding tert-OH is 1. The highest BCUT2D eigenvalue weighted by atomic mass is 16.5. The summed E-state index contributed by atoms with van der Waals surface area (Å²) in [6.45, 7) is 11.6. The number of carbonyl (C=O) groups excluding carboxylic acids is 1. The van der Waals surface area contributed by atoms with Crippen LogP contribution in [0.15, 0.2) is 0 Å². The van der Waals surface area contributed by atoms with E-state index in [-0.39, 0.29) is 11.4 Å². The first-order valence-corrected chi connectivity index (χ1v) is 6.63. The van der Waals surface area contributed by atoms with E-state index in [1.807, 2.05) is 11.8 Å². The van der Waals surface area contributed by atoms with Crippen LogP contribution < -0.4 is 0 Å². The third kappa shape index (κ3) is 4.23.